The fourth-order valence-corrected chi connectivity index (χ4v) is 1.96. The van der Waals surface area contributed by atoms with Crippen LogP contribution >= 0.6 is 11.6 Å². The van der Waals surface area contributed by atoms with Crippen molar-refractivity contribution in [1.82, 2.24) is 10.6 Å². The summed E-state index contributed by atoms with van der Waals surface area (Å²) in [6.07, 6.45) is 0.104. The van der Waals surface area contributed by atoms with Crippen LogP contribution in [-0.2, 0) is 16.0 Å². The standard InChI is InChI=1S/C15H21ClN2O3/c1-15(2,3)18-14(20)9-17-13(19)8-10-7-11(16)5-6-12(10)21-4/h5-7H,8-9H2,1-4H3,(H,17,19)(H,18,20). The smallest absolute Gasteiger partial charge is 0.239 e. The van der Waals surface area contributed by atoms with Crippen LogP contribution in [0.3, 0.4) is 0 Å². The van der Waals surface area contributed by atoms with Gasteiger partial charge in [0.2, 0.25) is 11.8 Å². The molecule has 5 nitrogen and oxygen atoms in total. The summed E-state index contributed by atoms with van der Waals surface area (Å²) in [5.41, 5.74) is 0.358. The van der Waals surface area contributed by atoms with Crippen molar-refractivity contribution in [3.8, 4) is 5.75 Å². The predicted molar refractivity (Wildman–Crippen MR) is 82.6 cm³/mol. The lowest BCUT2D eigenvalue weighted by atomic mass is 10.1. The van der Waals surface area contributed by atoms with Gasteiger partial charge in [0, 0.05) is 16.1 Å². The van der Waals surface area contributed by atoms with Crippen molar-refractivity contribution < 1.29 is 14.3 Å². The summed E-state index contributed by atoms with van der Waals surface area (Å²) in [7, 11) is 1.53. The maximum absolute atomic E-state index is 11.9. The molecule has 0 spiro atoms. The normalized spacial score (nSPS) is 10.9. The highest BCUT2D eigenvalue weighted by Gasteiger charge is 2.15. The molecule has 0 radical (unpaired) electrons. The maximum Gasteiger partial charge on any atom is 0.239 e. The van der Waals surface area contributed by atoms with E-state index < -0.39 is 0 Å². The molecule has 0 saturated heterocycles. The molecule has 6 heteroatoms. The van der Waals surface area contributed by atoms with Gasteiger partial charge in [-0.3, -0.25) is 9.59 Å². The number of benzene rings is 1. The highest BCUT2D eigenvalue weighted by Crippen LogP contribution is 2.22. The van der Waals surface area contributed by atoms with Crippen molar-refractivity contribution in [3.05, 3.63) is 28.8 Å². The van der Waals surface area contributed by atoms with E-state index in [1.54, 1.807) is 18.2 Å². The van der Waals surface area contributed by atoms with Crippen molar-refractivity contribution in [1.29, 1.82) is 0 Å². The Labute approximate surface area is 130 Å². The molecule has 1 aromatic rings. The number of amides is 2. The van der Waals surface area contributed by atoms with Crippen LogP contribution < -0.4 is 15.4 Å². The summed E-state index contributed by atoms with van der Waals surface area (Å²) in [6, 6.07) is 5.07. The zero-order valence-corrected chi connectivity index (χ0v) is 13.5. The SMILES string of the molecule is COc1ccc(Cl)cc1CC(=O)NCC(=O)NC(C)(C)C. The summed E-state index contributed by atoms with van der Waals surface area (Å²) in [6.45, 7) is 5.58. The first-order valence-electron chi connectivity index (χ1n) is 6.61. The molecule has 0 aliphatic heterocycles. The third kappa shape index (κ3) is 6.49. The fourth-order valence-electron chi connectivity index (χ4n) is 1.76. The van der Waals surface area contributed by atoms with Crippen LogP contribution in [0.2, 0.25) is 5.02 Å². The lowest BCUT2D eigenvalue weighted by Crippen LogP contribution is -2.46. The first-order valence-corrected chi connectivity index (χ1v) is 6.99. The minimum atomic E-state index is -0.321. The van der Waals surface area contributed by atoms with E-state index in [1.807, 2.05) is 20.8 Å². The molecule has 0 bridgehead atoms. The summed E-state index contributed by atoms with van der Waals surface area (Å²) < 4.78 is 5.17. The van der Waals surface area contributed by atoms with E-state index in [0.29, 0.717) is 16.3 Å². The summed E-state index contributed by atoms with van der Waals surface area (Å²) in [5, 5.41) is 5.88. The Bertz CT molecular complexity index is 524. The second-order valence-electron chi connectivity index (χ2n) is 5.71. The third-order valence-corrected chi connectivity index (χ3v) is 2.79. The van der Waals surface area contributed by atoms with Gasteiger partial charge in [0.1, 0.15) is 5.75 Å². The fraction of sp³-hybridized carbons (Fsp3) is 0.467. The lowest BCUT2D eigenvalue weighted by molar-refractivity contribution is -0.126. The summed E-state index contributed by atoms with van der Waals surface area (Å²) in [4.78, 5) is 23.5. The summed E-state index contributed by atoms with van der Waals surface area (Å²) in [5.74, 6) is 0.0993. The van der Waals surface area contributed by atoms with E-state index in [0.717, 1.165) is 0 Å². The van der Waals surface area contributed by atoms with Crippen LogP contribution in [0.25, 0.3) is 0 Å². The van der Waals surface area contributed by atoms with Crippen LogP contribution in [0.5, 0.6) is 5.75 Å². The molecule has 0 aliphatic carbocycles. The molecule has 1 aromatic carbocycles. The molecule has 2 amide bonds. The molecule has 0 atom stereocenters. The number of carbonyl (C=O) groups is 2. The largest absolute Gasteiger partial charge is 0.496 e. The monoisotopic (exact) mass is 312 g/mol. The zero-order valence-electron chi connectivity index (χ0n) is 12.7. The van der Waals surface area contributed by atoms with Gasteiger partial charge in [-0.25, -0.2) is 0 Å². The molecular formula is C15H21ClN2O3. The van der Waals surface area contributed by atoms with Gasteiger partial charge in [-0.05, 0) is 39.0 Å². The van der Waals surface area contributed by atoms with Crippen LogP contribution in [0.1, 0.15) is 26.3 Å². The Hall–Kier alpha value is -1.75. The lowest BCUT2D eigenvalue weighted by Gasteiger charge is -2.20. The van der Waals surface area contributed by atoms with Gasteiger partial charge >= 0.3 is 0 Å². The van der Waals surface area contributed by atoms with Gasteiger partial charge in [-0.1, -0.05) is 11.6 Å². The first-order chi connectivity index (χ1) is 9.71. The number of hydrogen-bond donors (Lipinski definition) is 2. The van der Waals surface area contributed by atoms with Gasteiger partial charge in [-0.15, -0.1) is 0 Å². The second-order valence-corrected chi connectivity index (χ2v) is 6.14. The third-order valence-electron chi connectivity index (χ3n) is 2.55. The number of methoxy groups -OCH3 is 1. The zero-order chi connectivity index (χ0) is 16.0. The van der Waals surface area contributed by atoms with Gasteiger partial charge in [-0.2, -0.15) is 0 Å². The van der Waals surface area contributed by atoms with Crippen molar-refractivity contribution in [2.24, 2.45) is 0 Å². The molecule has 0 heterocycles. The topological polar surface area (TPSA) is 67.4 Å². The van der Waals surface area contributed by atoms with E-state index in [1.165, 1.54) is 7.11 Å². The van der Waals surface area contributed by atoms with Gasteiger partial charge in [0.25, 0.3) is 0 Å². The molecule has 0 aliphatic rings. The number of halogens is 1. The Kier molecular flexibility index (Phi) is 6.03. The summed E-state index contributed by atoms with van der Waals surface area (Å²) >= 11 is 5.91. The number of carbonyl (C=O) groups excluding carboxylic acids is 2. The molecule has 21 heavy (non-hydrogen) atoms. The quantitative estimate of drug-likeness (QED) is 0.873. The van der Waals surface area contributed by atoms with Gasteiger partial charge in [0.05, 0.1) is 20.1 Å². The van der Waals surface area contributed by atoms with Crippen molar-refractivity contribution in [2.75, 3.05) is 13.7 Å². The Morgan fingerprint density at radius 2 is 1.90 bits per heavy atom. The number of rotatable bonds is 5. The number of hydrogen-bond acceptors (Lipinski definition) is 3. The van der Waals surface area contributed by atoms with E-state index in [-0.39, 0.29) is 30.3 Å². The molecule has 0 aromatic heterocycles. The molecule has 2 N–H and O–H groups in total. The van der Waals surface area contributed by atoms with Gasteiger partial charge in [0.15, 0.2) is 0 Å². The Morgan fingerprint density at radius 1 is 1.24 bits per heavy atom. The van der Waals surface area contributed by atoms with E-state index >= 15 is 0 Å². The van der Waals surface area contributed by atoms with Crippen LogP contribution in [0.4, 0.5) is 0 Å². The highest BCUT2D eigenvalue weighted by atomic mass is 35.5. The molecule has 0 fully saturated rings. The predicted octanol–water partition coefficient (Wildman–Crippen LogP) is 1.92. The van der Waals surface area contributed by atoms with Crippen molar-refractivity contribution in [3.63, 3.8) is 0 Å². The highest BCUT2D eigenvalue weighted by molar-refractivity contribution is 6.30. The van der Waals surface area contributed by atoms with Crippen molar-refractivity contribution >= 4 is 23.4 Å². The molecular weight excluding hydrogens is 292 g/mol. The minimum Gasteiger partial charge on any atom is -0.496 e. The molecule has 1 rings (SSSR count). The van der Waals surface area contributed by atoms with Crippen LogP contribution in [0.15, 0.2) is 18.2 Å². The van der Waals surface area contributed by atoms with E-state index in [2.05, 4.69) is 10.6 Å². The molecule has 116 valence electrons. The molecule has 0 unspecified atom stereocenters. The van der Waals surface area contributed by atoms with Crippen molar-refractivity contribution in [2.45, 2.75) is 32.7 Å². The first kappa shape index (κ1) is 17.3. The molecule has 0 saturated carbocycles. The Morgan fingerprint density at radius 3 is 2.48 bits per heavy atom. The van der Waals surface area contributed by atoms with Crippen LogP contribution in [0, 0.1) is 0 Å². The van der Waals surface area contributed by atoms with E-state index in [9.17, 15) is 9.59 Å². The Balaban J connectivity index is 2.55. The maximum atomic E-state index is 11.9. The average molecular weight is 313 g/mol. The second kappa shape index (κ2) is 7.31. The van der Waals surface area contributed by atoms with Gasteiger partial charge < -0.3 is 15.4 Å². The number of ether oxygens (including phenoxy) is 1. The minimum absolute atomic E-state index is 0.0566. The van der Waals surface area contributed by atoms with Crippen LogP contribution in [-0.4, -0.2) is 31.0 Å². The average Bonchev–Trinajstić information content (AvgIpc) is 2.35. The number of nitrogens with one attached hydrogen (secondary N) is 2. The van der Waals surface area contributed by atoms with E-state index in [4.69, 9.17) is 16.3 Å².